The molecule has 3 fully saturated rings. The summed E-state index contributed by atoms with van der Waals surface area (Å²) in [6.07, 6.45) is 6.82. The number of phenols is 1. The molecule has 6 rings (SSSR count). The van der Waals surface area contributed by atoms with Crippen LogP contribution in [-0.4, -0.2) is 28.1 Å². The van der Waals surface area contributed by atoms with Gasteiger partial charge in [-0.15, -0.1) is 0 Å². The number of imide groups is 1. The lowest BCUT2D eigenvalue weighted by atomic mass is 9.63. The largest absolute Gasteiger partial charge is 0.507 e. The van der Waals surface area contributed by atoms with Crippen LogP contribution in [0.15, 0.2) is 41.5 Å². The molecule has 0 unspecified atom stereocenters. The number of carbonyl (C=O) groups is 2. The highest BCUT2D eigenvalue weighted by Gasteiger charge is 2.67. The van der Waals surface area contributed by atoms with Crippen LogP contribution in [0.3, 0.4) is 0 Å². The number of nitrogens with zero attached hydrogens (tertiary/aromatic N) is 2. The van der Waals surface area contributed by atoms with E-state index in [0.717, 1.165) is 11.4 Å². The van der Waals surface area contributed by atoms with Gasteiger partial charge in [0.25, 0.3) is 11.8 Å². The lowest BCUT2D eigenvalue weighted by Crippen LogP contribution is -2.40. The van der Waals surface area contributed by atoms with Gasteiger partial charge >= 0.3 is 0 Å². The van der Waals surface area contributed by atoms with Gasteiger partial charge in [0.15, 0.2) is 0 Å². The van der Waals surface area contributed by atoms with Crippen LogP contribution in [0.4, 0.5) is 0 Å². The van der Waals surface area contributed by atoms with Crippen molar-refractivity contribution in [3.63, 3.8) is 0 Å². The summed E-state index contributed by atoms with van der Waals surface area (Å²) in [7, 11) is 0. The quantitative estimate of drug-likeness (QED) is 0.514. The molecular weight excluding hydrogens is 292 g/mol. The topological polar surface area (TPSA) is 70.0 Å². The van der Waals surface area contributed by atoms with Gasteiger partial charge in [-0.25, -0.2) is 0 Å². The van der Waals surface area contributed by atoms with Crippen molar-refractivity contribution in [3.05, 3.63) is 42.0 Å². The van der Waals surface area contributed by atoms with Crippen molar-refractivity contribution >= 4 is 18.0 Å². The highest BCUT2D eigenvalue weighted by Crippen LogP contribution is 2.65. The molecule has 0 spiro atoms. The molecule has 23 heavy (non-hydrogen) atoms. The van der Waals surface area contributed by atoms with Crippen molar-refractivity contribution in [2.75, 3.05) is 0 Å². The Kier molecular flexibility index (Phi) is 2.45. The normalized spacial score (nSPS) is 39.9. The Labute approximate surface area is 133 Å². The minimum atomic E-state index is -0.234. The summed E-state index contributed by atoms with van der Waals surface area (Å²) in [5.74, 6) is 0.831. The Morgan fingerprint density at radius 3 is 2.26 bits per heavy atom. The fourth-order valence-electron chi connectivity index (χ4n) is 4.77. The molecule has 1 heterocycles. The fraction of sp³-hybridized carbons (Fsp3) is 0.389. The number of phenolic OH excluding ortho intramolecular Hbond substituents is 1. The second-order valence-electron chi connectivity index (χ2n) is 6.95. The summed E-state index contributed by atoms with van der Waals surface area (Å²) in [5.41, 5.74) is 0.493. The molecule has 2 bridgehead atoms. The first-order chi connectivity index (χ1) is 11.2. The van der Waals surface area contributed by atoms with Crippen LogP contribution in [0.25, 0.3) is 0 Å². The zero-order valence-electron chi connectivity index (χ0n) is 12.4. The van der Waals surface area contributed by atoms with E-state index < -0.39 is 0 Å². The third-order valence-corrected chi connectivity index (χ3v) is 5.89. The van der Waals surface area contributed by atoms with Crippen molar-refractivity contribution in [2.24, 2.45) is 40.6 Å². The van der Waals surface area contributed by atoms with Gasteiger partial charge in [0, 0.05) is 5.56 Å². The third-order valence-electron chi connectivity index (χ3n) is 5.89. The predicted octanol–water partition coefficient (Wildman–Crippen LogP) is 1.78. The average Bonchev–Trinajstić information content (AvgIpc) is 3.33. The Hall–Kier alpha value is -2.43. The Balaban J connectivity index is 1.47. The summed E-state index contributed by atoms with van der Waals surface area (Å²) < 4.78 is 0. The van der Waals surface area contributed by atoms with E-state index in [-0.39, 0.29) is 41.2 Å². The maximum atomic E-state index is 12.7. The van der Waals surface area contributed by atoms with Gasteiger partial charge in [-0.1, -0.05) is 24.3 Å². The number of hydrogen-bond acceptors (Lipinski definition) is 4. The number of amides is 2. The fourth-order valence-corrected chi connectivity index (χ4v) is 4.77. The van der Waals surface area contributed by atoms with Crippen LogP contribution in [0.1, 0.15) is 12.0 Å². The van der Waals surface area contributed by atoms with Crippen LogP contribution in [0.5, 0.6) is 5.75 Å². The van der Waals surface area contributed by atoms with E-state index in [4.69, 9.17) is 0 Å². The highest BCUT2D eigenvalue weighted by molar-refractivity contribution is 6.06. The van der Waals surface area contributed by atoms with Gasteiger partial charge in [0.05, 0.1) is 18.1 Å². The average molecular weight is 308 g/mol. The number of aromatic hydroxyl groups is 1. The number of benzene rings is 1. The molecule has 1 aliphatic heterocycles. The molecule has 1 aromatic carbocycles. The van der Waals surface area contributed by atoms with Crippen LogP contribution in [0, 0.1) is 35.5 Å². The maximum absolute atomic E-state index is 12.7. The van der Waals surface area contributed by atoms with E-state index >= 15 is 0 Å². The van der Waals surface area contributed by atoms with Gasteiger partial charge in [0.2, 0.25) is 0 Å². The molecule has 116 valence electrons. The van der Waals surface area contributed by atoms with Crippen molar-refractivity contribution in [1.82, 2.24) is 5.01 Å². The van der Waals surface area contributed by atoms with Gasteiger partial charge in [0.1, 0.15) is 5.75 Å². The first-order valence-corrected chi connectivity index (χ1v) is 8.05. The molecule has 1 saturated heterocycles. The molecule has 5 aliphatic rings. The molecule has 0 aromatic heterocycles. The highest BCUT2D eigenvalue weighted by atomic mass is 16.3. The summed E-state index contributed by atoms with van der Waals surface area (Å²) >= 11 is 0. The lowest BCUT2D eigenvalue weighted by molar-refractivity contribution is -0.140. The van der Waals surface area contributed by atoms with E-state index in [1.165, 1.54) is 6.21 Å². The number of hydrazone groups is 1. The molecule has 6 atom stereocenters. The van der Waals surface area contributed by atoms with Crippen molar-refractivity contribution in [2.45, 2.75) is 6.42 Å². The second kappa shape index (κ2) is 4.31. The summed E-state index contributed by atoms with van der Waals surface area (Å²) in [6, 6.07) is 6.72. The van der Waals surface area contributed by atoms with Crippen LogP contribution in [0.2, 0.25) is 0 Å². The summed E-state index contributed by atoms with van der Waals surface area (Å²) in [4.78, 5) is 25.4. The third kappa shape index (κ3) is 1.65. The van der Waals surface area contributed by atoms with Crippen molar-refractivity contribution < 1.29 is 14.7 Å². The monoisotopic (exact) mass is 308 g/mol. The minimum absolute atomic E-state index is 0.0794. The first kappa shape index (κ1) is 13.0. The standard InChI is InChI=1S/C18H16N2O3/c21-14-4-2-1-3-9(14)8-19-20-17(22)15-10-5-6-11(13-7-12(10)13)16(15)18(20)23/h1-6,8,10-13,15-16,21H,7H2/t10-,11-,12-,13-,15+,16+/m0/s1. The number of hydrogen-bond donors (Lipinski definition) is 1. The summed E-state index contributed by atoms with van der Waals surface area (Å²) in [5, 5.41) is 14.9. The zero-order chi connectivity index (χ0) is 15.7. The Bertz CT molecular complexity index is 748. The van der Waals surface area contributed by atoms with Gasteiger partial charge in [-0.2, -0.15) is 10.1 Å². The predicted molar refractivity (Wildman–Crippen MR) is 82.3 cm³/mol. The molecule has 1 aromatic rings. The molecule has 1 N–H and O–H groups in total. The van der Waals surface area contributed by atoms with Gasteiger partial charge in [-0.3, -0.25) is 9.59 Å². The zero-order valence-corrected chi connectivity index (χ0v) is 12.4. The smallest absolute Gasteiger partial charge is 0.254 e. The molecule has 0 radical (unpaired) electrons. The molecule has 5 heteroatoms. The van der Waals surface area contributed by atoms with Crippen LogP contribution in [-0.2, 0) is 9.59 Å². The second-order valence-corrected chi connectivity index (χ2v) is 6.95. The van der Waals surface area contributed by atoms with E-state index in [2.05, 4.69) is 17.3 Å². The van der Waals surface area contributed by atoms with Gasteiger partial charge < -0.3 is 5.11 Å². The van der Waals surface area contributed by atoms with E-state index in [0.29, 0.717) is 17.4 Å². The number of para-hydroxylation sites is 1. The van der Waals surface area contributed by atoms with E-state index in [1.54, 1.807) is 24.3 Å². The van der Waals surface area contributed by atoms with Crippen molar-refractivity contribution in [1.29, 1.82) is 0 Å². The van der Waals surface area contributed by atoms with Crippen LogP contribution >= 0.6 is 0 Å². The molecule has 2 amide bonds. The number of carbonyl (C=O) groups excluding carboxylic acids is 2. The lowest BCUT2D eigenvalue weighted by Gasteiger charge is -2.37. The number of rotatable bonds is 2. The van der Waals surface area contributed by atoms with Crippen LogP contribution < -0.4 is 0 Å². The molecular formula is C18H16N2O3. The Morgan fingerprint density at radius 1 is 1.04 bits per heavy atom. The molecule has 5 nitrogen and oxygen atoms in total. The minimum Gasteiger partial charge on any atom is -0.507 e. The SMILES string of the molecule is O=C1[C@@H]2[C@H]3C=C[C@@H]([C@@H]4C[C@@H]34)[C@H]2C(=O)N1N=Cc1ccccc1O. The molecule has 2 saturated carbocycles. The summed E-state index contributed by atoms with van der Waals surface area (Å²) in [6.45, 7) is 0. The van der Waals surface area contributed by atoms with Gasteiger partial charge in [-0.05, 0) is 42.2 Å². The number of allylic oxidation sites excluding steroid dienone is 2. The van der Waals surface area contributed by atoms with E-state index in [1.807, 2.05) is 0 Å². The molecule has 4 aliphatic carbocycles. The first-order valence-electron chi connectivity index (χ1n) is 8.05. The Morgan fingerprint density at radius 2 is 1.65 bits per heavy atom. The van der Waals surface area contributed by atoms with E-state index in [9.17, 15) is 14.7 Å². The van der Waals surface area contributed by atoms with Crippen molar-refractivity contribution in [3.8, 4) is 5.75 Å². The maximum Gasteiger partial charge on any atom is 0.254 e.